The van der Waals surface area contributed by atoms with Crippen molar-refractivity contribution in [1.82, 2.24) is 9.78 Å². The van der Waals surface area contributed by atoms with E-state index in [1.165, 1.54) is 0 Å². The van der Waals surface area contributed by atoms with Crippen molar-refractivity contribution in [3.05, 3.63) is 11.3 Å². The fourth-order valence-corrected chi connectivity index (χ4v) is 2.03. The molecule has 0 bridgehead atoms. The first-order valence-electron chi connectivity index (χ1n) is 6.22. The van der Waals surface area contributed by atoms with Gasteiger partial charge in [-0.25, -0.2) is 0 Å². The predicted molar refractivity (Wildman–Crippen MR) is 69.7 cm³/mol. The van der Waals surface area contributed by atoms with Crippen LogP contribution in [-0.4, -0.2) is 52.9 Å². The average molecular weight is 257 g/mol. The Kier molecular flexibility index (Phi) is 6.11. The van der Waals surface area contributed by atoms with Crippen LogP contribution >= 0.6 is 0 Å². The van der Waals surface area contributed by atoms with Crippen LogP contribution in [0, 0.1) is 6.92 Å². The zero-order valence-corrected chi connectivity index (χ0v) is 11.4. The van der Waals surface area contributed by atoms with Crippen molar-refractivity contribution < 1.29 is 14.9 Å². The highest BCUT2D eigenvalue weighted by atomic mass is 16.5. The number of aromatic nitrogens is 2. The lowest BCUT2D eigenvalue weighted by Crippen LogP contribution is -2.30. The molecular formula is C12H23N3O3. The normalized spacial score (nSPS) is 10.9. The summed E-state index contributed by atoms with van der Waals surface area (Å²) in [4.78, 5) is 2.11. The molecule has 6 nitrogen and oxygen atoms in total. The van der Waals surface area contributed by atoms with Crippen LogP contribution in [-0.2, 0) is 18.4 Å². The molecule has 0 saturated heterocycles. The monoisotopic (exact) mass is 257 g/mol. The summed E-state index contributed by atoms with van der Waals surface area (Å²) in [5.41, 5.74) is 1.71. The van der Waals surface area contributed by atoms with E-state index in [0.29, 0.717) is 19.8 Å². The fraction of sp³-hybridized carbons (Fsp3) is 0.750. The lowest BCUT2D eigenvalue weighted by Gasteiger charge is -2.24. The standard InChI is InChI=1S/C12H23N3O3/c1-4-15(5-7-18-8-6-16)12-11(9-17)10(2)13-14(12)3/h16-17H,4-9H2,1-3H3. The van der Waals surface area contributed by atoms with E-state index < -0.39 is 0 Å². The van der Waals surface area contributed by atoms with Gasteiger partial charge in [0, 0.05) is 25.7 Å². The molecule has 0 atom stereocenters. The number of anilines is 1. The molecule has 104 valence electrons. The number of ether oxygens (including phenoxy) is 1. The number of hydrogen-bond donors (Lipinski definition) is 2. The molecule has 0 saturated carbocycles. The molecule has 0 aliphatic heterocycles. The molecule has 1 heterocycles. The summed E-state index contributed by atoms with van der Waals surface area (Å²) in [6.45, 7) is 6.40. The van der Waals surface area contributed by atoms with E-state index in [2.05, 4.69) is 16.9 Å². The summed E-state index contributed by atoms with van der Waals surface area (Å²) in [6, 6.07) is 0. The van der Waals surface area contributed by atoms with Crippen LogP contribution in [0.15, 0.2) is 0 Å². The Hall–Kier alpha value is -1.11. The Morgan fingerprint density at radius 1 is 1.33 bits per heavy atom. The van der Waals surface area contributed by atoms with Gasteiger partial charge >= 0.3 is 0 Å². The van der Waals surface area contributed by atoms with Crippen molar-refractivity contribution in [1.29, 1.82) is 0 Å². The van der Waals surface area contributed by atoms with Crippen LogP contribution in [0.4, 0.5) is 5.82 Å². The first-order valence-corrected chi connectivity index (χ1v) is 6.22. The van der Waals surface area contributed by atoms with Crippen molar-refractivity contribution >= 4 is 5.82 Å². The third kappa shape index (κ3) is 3.44. The Bertz CT molecular complexity index is 366. The average Bonchev–Trinajstić information content (AvgIpc) is 2.64. The molecule has 2 N–H and O–H groups in total. The molecule has 18 heavy (non-hydrogen) atoms. The maximum absolute atomic E-state index is 9.42. The summed E-state index contributed by atoms with van der Waals surface area (Å²) >= 11 is 0. The SMILES string of the molecule is CCN(CCOCCO)c1c(CO)c(C)nn1C. The highest BCUT2D eigenvalue weighted by Crippen LogP contribution is 2.22. The van der Waals surface area contributed by atoms with E-state index in [0.717, 1.165) is 23.6 Å². The summed E-state index contributed by atoms with van der Waals surface area (Å²) in [7, 11) is 1.87. The van der Waals surface area contributed by atoms with Crippen LogP contribution in [0.2, 0.25) is 0 Å². The van der Waals surface area contributed by atoms with Crippen molar-refractivity contribution in [3.8, 4) is 0 Å². The molecule has 0 spiro atoms. The number of nitrogens with zero attached hydrogens (tertiary/aromatic N) is 3. The van der Waals surface area contributed by atoms with Gasteiger partial charge in [0.2, 0.25) is 0 Å². The lowest BCUT2D eigenvalue weighted by atomic mass is 10.2. The van der Waals surface area contributed by atoms with E-state index in [1.807, 2.05) is 14.0 Å². The minimum absolute atomic E-state index is 0.0109. The predicted octanol–water partition coefficient (Wildman–Crippen LogP) is 0.0560. The zero-order valence-electron chi connectivity index (χ0n) is 11.4. The molecule has 0 aliphatic carbocycles. The van der Waals surface area contributed by atoms with Crippen molar-refractivity contribution in [2.75, 3.05) is 37.8 Å². The van der Waals surface area contributed by atoms with Gasteiger partial charge in [-0.3, -0.25) is 4.68 Å². The maximum Gasteiger partial charge on any atom is 0.132 e. The smallest absolute Gasteiger partial charge is 0.132 e. The highest BCUT2D eigenvalue weighted by molar-refractivity contribution is 5.49. The second-order valence-corrected chi connectivity index (χ2v) is 4.08. The number of aliphatic hydroxyl groups is 2. The maximum atomic E-state index is 9.42. The quantitative estimate of drug-likeness (QED) is 0.644. The number of rotatable bonds is 8. The Morgan fingerprint density at radius 2 is 2.06 bits per heavy atom. The van der Waals surface area contributed by atoms with Gasteiger partial charge in [0.25, 0.3) is 0 Å². The summed E-state index contributed by atoms with van der Waals surface area (Å²) in [5.74, 6) is 0.935. The Balaban J connectivity index is 2.75. The summed E-state index contributed by atoms with van der Waals surface area (Å²) < 4.78 is 7.06. The molecule has 0 amide bonds. The number of likely N-dealkylation sites (N-methyl/N-ethyl adjacent to an activating group) is 1. The van der Waals surface area contributed by atoms with E-state index in [-0.39, 0.29) is 13.2 Å². The Labute approximate surface area is 108 Å². The second-order valence-electron chi connectivity index (χ2n) is 4.08. The second kappa shape index (κ2) is 7.35. The van der Waals surface area contributed by atoms with E-state index in [1.54, 1.807) is 4.68 Å². The van der Waals surface area contributed by atoms with Crippen LogP contribution in [0.5, 0.6) is 0 Å². The molecule has 0 fully saturated rings. The summed E-state index contributed by atoms with van der Waals surface area (Å²) in [5, 5.41) is 22.4. The van der Waals surface area contributed by atoms with Crippen molar-refractivity contribution in [2.45, 2.75) is 20.5 Å². The minimum Gasteiger partial charge on any atom is -0.394 e. The molecule has 0 aromatic carbocycles. The number of hydrogen-bond acceptors (Lipinski definition) is 5. The third-order valence-electron chi connectivity index (χ3n) is 2.89. The van der Waals surface area contributed by atoms with Gasteiger partial charge in [0.15, 0.2) is 0 Å². The largest absolute Gasteiger partial charge is 0.394 e. The summed E-state index contributed by atoms with van der Waals surface area (Å²) in [6.07, 6.45) is 0. The molecular weight excluding hydrogens is 234 g/mol. The molecule has 6 heteroatoms. The molecule has 1 aromatic rings. The number of aryl methyl sites for hydroxylation is 2. The molecule has 1 rings (SSSR count). The molecule has 1 aromatic heterocycles. The van der Waals surface area contributed by atoms with Crippen molar-refractivity contribution in [2.24, 2.45) is 7.05 Å². The first-order chi connectivity index (χ1) is 8.65. The lowest BCUT2D eigenvalue weighted by molar-refractivity contribution is 0.0966. The fourth-order valence-electron chi connectivity index (χ4n) is 2.03. The van der Waals surface area contributed by atoms with Crippen molar-refractivity contribution in [3.63, 3.8) is 0 Å². The van der Waals surface area contributed by atoms with Gasteiger partial charge in [-0.05, 0) is 13.8 Å². The molecule has 0 unspecified atom stereocenters. The first kappa shape index (κ1) is 14.9. The van der Waals surface area contributed by atoms with Crippen LogP contribution in [0.3, 0.4) is 0 Å². The van der Waals surface area contributed by atoms with E-state index in [4.69, 9.17) is 9.84 Å². The van der Waals surface area contributed by atoms with Gasteiger partial charge in [-0.1, -0.05) is 0 Å². The third-order valence-corrected chi connectivity index (χ3v) is 2.89. The van der Waals surface area contributed by atoms with E-state index in [9.17, 15) is 5.11 Å². The number of aliphatic hydroxyl groups excluding tert-OH is 2. The Morgan fingerprint density at radius 3 is 2.61 bits per heavy atom. The topological polar surface area (TPSA) is 70.8 Å². The van der Waals surface area contributed by atoms with Gasteiger partial charge in [-0.15, -0.1) is 0 Å². The van der Waals surface area contributed by atoms with Crippen LogP contribution in [0.1, 0.15) is 18.2 Å². The van der Waals surface area contributed by atoms with Gasteiger partial charge in [-0.2, -0.15) is 5.10 Å². The van der Waals surface area contributed by atoms with Gasteiger partial charge in [0.1, 0.15) is 5.82 Å². The van der Waals surface area contributed by atoms with Gasteiger partial charge < -0.3 is 19.8 Å². The molecule has 0 radical (unpaired) electrons. The van der Waals surface area contributed by atoms with Gasteiger partial charge in [0.05, 0.1) is 32.1 Å². The van der Waals surface area contributed by atoms with E-state index >= 15 is 0 Å². The zero-order chi connectivity index (χ0) is 13.5. The minimum atomic E-state index is -0.0109. The highest BCUT2D eigenvalue weighted by Gasteiger charge is 2.17. The van der Waals surface area contributed by atoms with Crippen LogP contribution in [0.25, 0.3) is 0 Å². The van der Waals surface area contributed by atoms with Crippen LogP contribution < -0.4 is 4.90 Å². The molecule has 0 aliphatic rings.